The van der Waals surface area contributed by atoms with E-state index >= 15 is 0 Å². The van der Waals surface area contributed by atoms with Gasteiger partial charge in [0.2, 0.25) is 0 Å². The smallest absolute Gasteiger partial charge is 0.0776 e. The SMILES string of the molecule is CCCOCC(O)CCc1cccnc1. The maximum Gasteiger partial charge on any atom is 0.0776 e. The molecule has 0 aliphatic carbocycles. The van der Waals surface area contributed by atoms with Crippen LogP contribution in [0.4, 0.5) is 0 Å². The highest BCUT2D eigenvalue weighted by Gasteiger charge is 2.04. The Morgan fingerprint density at radius 3 is 3.07 bits per heavy atom. The molecule has 84 valence electrons. The minimum absolute atomic E-state index is 0.364. The van der Waals surface area contributed by atoms with Crippen LogP contribution in [0.25, 0.3) is 0 Å². The van der Waals surface area contributed by atoms with Crippen molar-refractivity contribution in [1.29, 1.82) is 0 Å². The van der Waals surface area contributed by atoms with Gasteiger partial charge in [0, 0.05) is 19.0 Å². The highest BCUT2D eigenvalue weighted by molar-refractivity contribution is 5.08. The lowest BCUT2D eigenvalue weighted by molar-refractivity contribution is 0.0330. The van der Waals surface area contributed by atoms with Crippen LogP contribution in [0.2, 0.25) is 0 Å². The number of nitrogens with zero attached hydrogens (tertiary/aromatic N) is 1. The van der Waals surface area contributed by atoms with Gasteiger partial charge in [-0.25, -0.2) is 0 Å². The molecule has 0 amide bonds. The van der Waals surface area contributed by atoms with E-state index in [1.165, 1.54) is 0 Å². The van der Waals surface area contributed by atoms with Crippen molar-refractivity contribution in [3.63, 3.8) is 0 Å². The molecule has 1 heterocycles. The molecule has 0 aromatic carbocycles. The molecule has 0 aliphatic heterocycles. The normalized spacial score (nSPS) is 12.7. The highest BCUT2D eigenvalue weighted by atomic mass is 16.5. The third-order valence-corrected chi connectivity index (χ3v) is 2.15. The molecule has 1 aromatic heterocycles. The number of aliphatic hydroxyl groups is 1. The third kappa shape index (κ3) is 5.50. The number of ether oxygens (including phenoxy) is 1. The summed E-state index contributed by atoms with van der Waals surface area (Å²) in [6.45, 7) is 3.22. The van der Waals surface area contributed by atoms with E-state index in [1.54, 1.807) is 6.20 Å². The van der Waals surface area contributed by atoms with Crippen LogP contribution in [-0.2, 0) is 11.2 Å². The first kappa shape index (κ1) is 12.1. The summed E-state index contributed by atoms with van der Waals surface area (Å²) in [7, 11) is 0. The van der Waals surface area contributed by atoms with Gasteiger partial charge in [-0.2, -0.15) is 0 Å². The summed E-state index contributed by atoms with van der Waals surface area (Å²) in [5.41, 5.74) is 1.16. The summed E-state index contributed by atoms with van der Waals surface area (Å²) in [5, 5.41) is 9.59. The van der Waals surface area contributed by atoms with Gasteiger partial charge in [-0.3, -0.25) is 4.98 Å². The first-order chi connectivity index (χ1) is 7.33. The number of aliphatic hydroxyl groups excluding tert-OH is 1. The molecule has 1 unspecified atom stereocenters. The maximum atomic E-state index is 9.59. The van der Waals surface area contributed by atoms with Crippen molar-refractivity contribution in [2.45, 2.75) is 32.3 Å². The Morgan fingerprint density at radius 1 is 1.53 bits per heavy atom. The van der Waals surface area contributed by atoms with E-state index in [0.717, 1.165) is 31.4 Å². The van der Waals surface area contributed by atoms with E-state index in [1.807, 2.05) is 18.3 Å². The fourth-order valence-corrected chi connectivity index (χ4v) is 1.33. The van der Waals surface area contributed by atoms with Gasteiger partial charge in [0.1, 0.15) is 0 Å². The summed E-state index contributed by atoms with van der Waals surface area (Å²) in [6.07, 6.45) is 5.80. The van der Waals surface area contributed by atoms with Crippen molar-refractivity contribution in [1.82, 2.24) is 4.98 Å². The Hall–Kier alpha value is -0.930. The molecular formula is C12H19NO2. The van der Waals surface area contributed by atoms with Gasteiger partial charge in [0.25, 0.3) is 0 Å². The van der Waals surface area contributed by atoms with Crippen LogP contribution in [0, 0.1) is 0 Å². The van der Waals surface area contributed by atoms with E-state index < -0.39 is 0 Å². The molecule has 1 rings (SSSR count). The Morgan fingerprint density at radius 2 is 2.40 bits per heavy atom. The summed E-state index contributed by atoms with van der Waals surface area (Å²) in [6, 6.07) is 3.93. The average molecular weight is 209 g/mol. The molecular weight excluding hydrogens is 190 g/mol. The molecule has 3 nitrogen and oxygen atoms in total. The molecule has 0 saturated heterocycles. The second-order valence-corrected chi connectivity index (χ2v) is 3.63. The first-order valence-electron chi connectivity index (χ1n) is 5.47. The van der Waals surface area contributed by atoms with Crippen LogP contribution in [0.5, 0.6) is 0 Å². The van der Waals surface area contributed by atoms with Crippen LogP contribution >= 0.6 is 0 Å². The lowest BCUT2D eigenvalue weighted by atomic mass is 10.1. The van der Waals surface area contributed by atoms with Gasteiger partial charge in [-0.15, -0.1) is 0 Å². The van der Waals surface area contributed by atoms with Crippen LogP contribution in [0.15, 0.2) is 24.5 Å². The Bertz CT molecular complexity index is 251. The predicted molar refractivity (Wildman–Crippen MR) is 59.7 cm³/mol. The number of hydrogen-bond acceptors (Lipinski definition) is 3. The molecule has 0 radical (unpaired) electrons. The molecule has 0 fully saturated rings. The Labute approximate surface area is 91.1 Å². The summed E-state index contributed by atoms with van der Waals surface area (Å²) < 4.78 is 5.27. The van der Waals surface area contributed by atoms with Gasteiger partial charge in [0.05, 0.1) is 12.7 Å². The zero-order valence-electron chi connectivity index (χ0n) is 9.22. The average Bonchev–Trinajstić information content (AvgIpc) is 2.28. The van der Waals surface area contributed by atoms with Gasteiger partial charge in [0.15, 0.2) is 0 Å². The Kier molecular flexibility index (Phi) is 5.97. The van der Waals surface area contributed by atoms with Crippen molar-refractivity contribution >= 4 is 0 Å². The number of pyridine rings is 1. The van der Waals surface area contributed by atoms with E-state index in [9.17, 15) is 5.11 Å². The molecule has 0 bridgehead atoms. The monoisotopic (exact) mass is 209 g/mol. The summed E-state index contributed by atoms with van der Waals surface area (Å²) >= 11 is 0. The summed E-state index contributed by atoms with van der Waals surface area (Å²) in [5.74, 6) is 0. The minimum atomic E-state index is -0.364. The van der Waals surface area contributed by atoms with Crippen molar-refractivity contribution in [2.75, 3.05) is 13.2 Å². The van der Waals surface area contributed by atoms with E-state index in [4.69, 9.17) is 4.74 Å². The molecule has 0 saturated carbocycles. The van der Waals surface area contributed by atoms with Crippen LogP contribution in [-0.4, -0.2) is 29.4 Å². The minimum Gasteiger partial charge on any atom is -0.391 e. The van der Waals surface area contributed by atoms with Crippen LogP contribution < -0.4 is 0 Å². The standard InChI is InChI=1S/C12H19NO2/c1-2-8-15-10-12(14)6-5-11-4-3-7-13-9-11/h3-4,7,9,12,14H,2,5-6,8,10H2,1H3. The molecule has 1 aromatic rings. The number of rotatable bonds is 7. The second-order valence-electron chi connectivity index (χ2n) is 3.63. The van der Waals surface area contributed by atoms with Crippen molar-refractivity contribution < 1.29 is 9.84 Å². The predicted octanol–water partition coefficient (Wildman–Crippen LogP) is 1.80. The second kappa shape index (κ2) is 7.37. The fraction of sp³-hybridized carbons (Fsp3) is 0.583. The largest absolute Gasteiger partial charge is 0.391 e. The first-order valence-corrected chi connectivity index (χ1v) is 5.47. The molecule has 15 heavy (non-hydrogen) atoms. The third-order valence-electron chi connectivity index (χ3n) is 2.15. The molecule has 3 heteroatoms. The van der Waals surface area contributed by atoms with E-state index in [-0.39, 0.29) is 6.10 Å². The van der Waals surface area contributed by atoms with Gasteiger partial charge < -0.3 is 9.84 Å². The van der Waals surface area contributed by atoms with Crippen LogP contribution in [0.1, 0.15) is 25.3 Å². The quantitative estimate of drug-likeness (QED) is 0.696. The zero-order chi connectivity index (χ0) is 10.9. The molecule has 1 atom stereocenters. The molecule has 1 N–H and O–H groups in total. The van der Waals surface area contributed by atoms with Crippen molar-refractivity contribution in [3.05, 3.63) is 30.1 Å². The zero-order valence-corrected chi connectivity index (χ0v) is 9.22. The summed E-state index contributed by atoms with van der Waals surface area (Å²) in [4.78, 5) is 4.03. The number of aryl methyl sites for hydroxylation is 1. The lowest BCUT2D eigenvalue weighted by Crippen LogP contribution is -2.16. The molecule has 0 aliphatic rings. The number of hydrogen-bond donors (Lipinski definition) is 1. The van der Waals surface area contributed by atoms with E-state index in [0.29, 0.717) is 6.61 Å². The Balaban J connectivity index is 2.14. The fourth-order valence-electron chi connectivity index (χ4n) is 1.33. The van der Waals surface area contributed by atoms with Gasteiger partial charge in [-0.1, -0.05) is 13.0 Å². The van der Waals surface area contributed by atoms with Gasteiger partial charge >= 0.3 is 0 Å². The highest BCUT2D eigenvalue weighted by Crippen LogP contribution is 2.03. The van der Waals surface area contributed by atoms with E-state index in [2.05, 4.69) is 11.9 Å². The van der Waals surface area contributed by atoms with Gasteiger partial charge in [-0.05, 0) is 30.9 Å². The van der Waals surface area contributed by atoms with Crippen molar-refractivity contribution in [2.24, 2.45) is 0 Å². The molecule has 0 spiro atoms. The topological polar surface area (TPSA) is 42.4 Å². The van der Waals surface area contributed by atoms with Crippen LogP contribution in [0.3, 0.4) is 0 Å². The van der Waals surface area contributed by atoms with Crippen molar-refractivity contribution in [3.8, 4) is 0 Å². The lowest BCUT2D eigenvalue weighted by Gasteiger charge is -2.10. The number of aromatic nitrogens is 1. The maximum absolute atomic E-state index is 9.59.